The number of carbonyl (C=O) groups excluding carboxylic acids is 1. The van der Waals surface area contributed by atoms with Crippen LogP contribution in [-0.4, -0.2) is 54.6 Å². The van der Waals surface area contributed by atoms with Crippen molar-refractivity contribution in [1.82, 2.24) is 15.2 Å². The maximum atomic E-state index is 13.4. The Morgan fingerprint density at radius 3 is 2.66 bits per heavy atom. The second kappa shape index (κ2) is 8.86. The molecule has 1 saturated carbocycles. The van der Waals surface area contributed by atoms with Crippen LogP contribution in [0.2, 0.25) is 0 Å². The van der Waals surface area contributed by atoms with Crippen LogP contribution >= 0.6 is 0 Å². The Labute approximate surface area is 182 Å². The van der Waals surface area contributed by atoms with Crippen molar-refractivity contribution in [3.8, 4) is 0 Å². The summed E-state index contributed by atoms with van der Waals surface area (Å²) in [5.41, 5.74) is 7.87. The highest BCUT2D eigenvalue weighted by atomic mass is 19.4. The van der Waals surface area contributed by atoms with Crippen molar-refractivity contribution in [3.05, 3.63) is 29.7 Å². The molecule has 2 aliphatic rings. The first-order valence-corrected chi connectivity index (χ1v) is 10.6. The van der Waals surface area contributed by atoms with Crippen molar-refractivity contribution in [1.29, 1.82) is 0 Å². The molecule has 3 atom stereocenters. The van der Waals surface area contributed by atoms with Crippen LogP contribution in [0.3, 0.4) is 0 Å². The van der Waals surface area contributed by atoms with E-state index >= 15 is 0 Å². The zero-order chi connectivity index (χ0) is 23.0. The third-order valence-electron chi connectivity index (χ3n) is 6.34. The van der Waals surface area contributed by atoms with E-state index in [9.17, 15) is 22.4 Å². The van der Waals surface area contributed by atoms with Crippen LogP contribution in [0.5, 0.6) is 0 Å². The first-order chi connectivity index (χ1) is 15.2. The van der Waals surface area contributed by atoms with E-state index < -0.39 is 43.0 Å². The van der Waals surface area contributed by atoms with Gasteiger partial charge >= 0.3 is 12.2 Å². The summed E-state index contributed by atoms with van der Waals surface area (Å²) in [6.07, 6.45) is -3.07. The fourth-order valence-electron chi connectivity index (χ4n) is 4.49. The lowest BCUT2D eigenvalue weighted by molar-refractivity contribution is -0.150. The maximum absolute atomic E-state index is 13.4. The summed E-state index contributed by atoms with van der Waals surface area (Å²) >= 11 is 0. The van der Waals surface area contributed by atoms with Gasteiger partial charge in [-0.15, -0.1) is 0 Å². The van der Waals surface area contributed by atoms with Crippen LogP contribution in [-0.2, 0) is 4.74 Å². The number of methoxy groups -OCH3 is 1. The highest BCUT2D eigenvalue weighted by Gasteiger charge is 2.48. The van der Waals surface area contributed by atoms with Gasteiger partial charge in [0.15, 0.2) is 5.58 Å². The number of rotatable bonds is 6. The topological polar surface area (TPSA) is 93.6 Å². The molecule has 1 saturated heterocycles. The molecule has 0 bridgehead atoms. The zero-order valence-electron chi connectivity index (χ0n) is 17.6. The third-order valence-corrected chi connectivity index (χ3v) is 6.34. The smallest absolute Gasteiger partial charge is 0.410 e. The Kier molecular flexibility index (Phi) is 6.30. The molecule has 1 aromatic carbocycles. The maximum Gasteiger partial charge on any atom is 0.410 e. The second-order valence-corrected chi connectivity index (χ2v) is 8.48. The number of carbonyl (C=O) groups is 1. The van der Waals surface area contributed by atoms with Gasteiger partial charge in [-0.05, 0) is 49.3 Å². The minimum atomic E-state index is -4.54. The lowest BCUT2D eigenvalue weighted by Crippen LogP contribution is -2.40. The van der Waals surface area contributed by atoms with E-state index in [0.717, 1.165) is 4.90 Å². The van der Waals surface area contributed by atoms with Gasteiger partial charge in [-0.1, -0.05) is 6.07 Å². The normalized spacial score (nSPS) is 26.4. The summed E-state index contributed by atoms with van der Waals surface area (Å²) < 4.78 is 63.7. The average molecular weight is 458 g/mol. The largest absolute Gasteiger partial charge is 0.439 e. The Morgan fingerprint density at radius 2 is 2.03 bits per heavy atom. The molecule has 2 heterocycles. The number of alkyl halides is 4. The Balaban J connectivity index is 1.57. The number of halogens is 4. The molecule has 2 amide bonds. The van der Waals surface area contributed by atoms with Gasteiger partial charge in [-0.2, -0.15) is 13.2 Å². The van der Waals surface area contributed by atoms with Crippen LogP contribution in [0.15, 0.2) is 22.6 Å². The molecule has 2 aromatic rings. The molecule has 2 fully saturated rings. The quantitative estimate of drug-likeness (QED) is 0.639. The van der Waals surface area contributed by atoms with Crippen LogP contribution < -0.4 is 11.1 Å². The Bertz CT molecular complexity index is 958. The van der Waals surface area contributed by atoms with Crippen molar-refractivity contribution in [3.63, 3.8) is 0 Å². The number of amides is 2. The third kappa shape index (κ3) is 4.54. The molecule has 1 aliphatic heterocycles. The molecule has 1 aromatic heterocycles. The molecule has 1 aliphatic carbocycles. The van der Waals surface area contributed by atoms with E-state index in [-0.39, 0.29) is 12.5 Å². The van der Waals surface area contributed by atoms with Gasteiger partial charge in [-0.3, -0.25) is 0 Å². The summed E-state index contributed by atoms with van der Waals surface area (Å²) in [7, 11) is 1.42. The molecule has 0 spiro atoms. The molecular weight excluding hydrogens is 432 g/mol. The minimum absolute atomic E-state index is 0.0141. The van der Waals surface area contributed by atoms with Crippen molar-refractivity contribution in [2.75, 3.05) is 20.3 Å². The molecular formula is C21H26F4N4O3. The molecule has 0 unspecified atom stereocenters. The molecule has 11 heteroatoms. The number of benzene rings is 1. The van der Waals surface area contributed by atoms with Gasteiger partial charge in [0.05, 0.1) is 25.2 Å². The van der Waals surface area contributed by atoms with Crippen molar-refractivity contribution >= 4 is 17.1 Å². The molecule has 3 N–H and O–H groups in total. The minimum Gasteiger partial charge on any atom is -0.439 e. The van der Waals surface area contributed by atoms with E-state index in [1.54, 1.807) is 18.2 Å². The fraction of sp³-hybridized carbons (Fsp3) is 0.619. The predicted octanol–water partition coefficient (Wildman–Crippen LogP) is 4.00. The summed E-state index contributed by atoms with van der Waals surface area (Å²) in [4.78, 5) is 17.9. The number of ether oxygens (including phenoxy) is 1. The van der Waals surface area contributed by atoms with Crippen LogP contribution in [0, 0.1) is 5.92 Å². The number of nitrogens with one attached hydrogen (secondary N) is 1. The number of oxazole rings is 1. The summed E-state index contributed by atoms with van der Waals surface area (Å²) in [5, 5.41) is 1.98. The van der Waals surface area contributed by atoms with Crippen molar-refractivity contribution in [2.45, 2.75) is 56.2 Å². The fourth-order valence-corrected chi connectivity index (χ4v) is 4.49. The Hall–Kier alpha value is -2.40. The highest BCUT2D eigenvalue weighted by Crippen LogP contribution is 2.36. The molecule has 32 heavy (non-hydrogen) atoms. The summed E-state index contributed by atoms with van der Waals surface area (Å²) in [6.45, 7) is -0.499. The predicted molar refractivity (Wildman–Crippen MR) is 107 cm³/mol. The SMILES string of the molecule is COC[C@H](c1ccc2oc([C@@H](N)C3CCC(F)CC3)nc2c1)N1C[C@@H](C(F)(F)F)NC1=O. The summed E-state index contributed by atoms with van der Waals surface area (Å²) in [5.74, 6) is 0.419. The molecule has 0 radical (unpaired) electrons. The van der Waals surface area contributed by atoms with Crippen LogP contribution in [0.25, 0.3) is 11.1 Å². The zero-order valence-corrected chi connectivity index (χ0v) is 17.6. The van der Waals surface area contributed by atoms with Gasteiger partial charge in [0.2, 0.25) is 5.89 Å². The van der Waals surface area contributed by atoms with Crippen LogP contribution in [0.1, 0.15) is 49.2 Å². The van der Waals surface area contributed by atoms with Gasteiger partial charge < -0.3 is 25.1 Å². The number of fused-ring (bicyclic) bond motifs is 1. The standard InChI is InChI=1S/C21H26F4N4O3/c1-31-10-15(29-9-17(21(23,24)25)28-20(29)30)12-4-7-16-14(8-12)27-19(32-16)18(26)11-2-5-13(22)6-3-11/h4,7-8,11,13,15,17-18H,2-3,5-6,9-10,26H2,1H3,(H,28,30)/t11?,13?,15-,17+,18+/m1/s1. The van der Waals surface area contributed by atoms with E-state index in [4.69, 9.17) is 14.9 Å². The first-order valence-electron chi connectivity index (χ1n) is 10.6. The van der Waals surface area contributed by atoms with Crippen molar-refractivity contribution in [2.24, 2.45) is 11.7 Å². The van der Waals surface area contributed by atoms with E-state index in [1.165, 1.54) is 7.11 Å². The van der Waals surface area contributed by atoms with Gasteiger partial charge in [-0.25, -0.2) is 14.2 Å². The highest BCUT2D eigenvalue weighted by molar-refractivity contribution is 5.78. The number of hydrogen-bond donors (Lipinski definition) is 2. The van der Waals surface area contributed by atoms with E-state index in [2.05, 4.69) is 4.98 Å². The van der Waals surface area contributed by atoms with Crippen LogP contribution in [0.4, 0.5) is 22.4 Å². The molecule has 176 valence electrons. The second-order valence-electron chi connectivity index (χ2n) is 8.48. The number of hydrogen-bond acceptors (Lipinski definition) is 5. The number of nitrogens with zero attached hydrogens (tertiary/aromatic N) is 2. The molecule has 7 nitrogen and oxygen atoms in total. The van der Waals surface area contributed by atoms with Crippen molar-refractivity contribution < 1.29 is 31.5 Å². The lowest BCUT2D eigenvalue weighted by Gasteiger charge is -2.27. The van der Waals surface area contributed by atoms with Gasteiger partial charge in [0.1, 0.15) is 17.7 Å². The number of urea groups is 1. The van der Waals surface area contributed by atoms with Gasteiger partial charge in [0, 0.05) is 7.11 Å². The summed E-state index contributed by atoms with van der Waals surface area (Å²) in [6, 6.07) is 1.07. The Morgan fingerprint density at radius 1 is 1.31 bits per heavy atom. The monoisotopic (exact) mass is 458 g/mol. The lowest BCUT2D eigenvalue weighted by atomic mass is 9.83. The first kappa shape index (κ1) is 22.8. The van der Waals surface area contributed by atoms with E-state index in [0.29, 0.717) is 48.2 Å². The average Bonchev–Trinajstić information content (AvgIpc) is 3.35. The van der Waals surface area contributed by atoms with E-state index in [1.807, 2.05) is 5.32 Å². The van der Waals surface area contributed by atoms with Gasteiger partial charge in [0.25, 0.3) is 0 Å². The number of aromatic nitrogens is 1. The molecule has 4 rings (SSSR count). The number of nitrogens with two attached hydrogens (primary N) is 1.